The van der Waals surface area contributed by atoms with Gasteiger partial charge in [-0.3, -0.25) is 9.78 Å². The summed E-state index contributed by atoms with van der Waals surface area (Å²) in [5.74, 6) is 0.735. The van der Waals surface area contributed by atoms with Gasteiger partial charge in [0.25, 0.3) is 5.91 Å². The zero-order valence-electron chi connectivity index (χ0n) is 21.1. The van der Waals surface area contributed by atoms with Crippen LogP contribution in [0.15, 0.2) is 41.3 Å². The minimum absolute atomic E-state index is 0.215. The maximum atomic E-state index is 12.3. The lowest BCUT2D eigenvalue weighted by Gasteiger charge is -2.21. The van der Waals surface area contributed by atoms with Crippen LogP contribution in [0.3, 0.4) is 0 Å². The van der Waals surface area contributed by atoms with Crippen LogP contribution in [-0.4, -0.2) is 45.2 Å². The van der Waals surface area contributed by atoms with Crippen LogP contribution >= 0.6 is 11.6 Å². The number of H-pyrrole nitrogens is 1. The van der Waals surface area contributed by atoms with E-state index in [0.717, 1.165) is 18.4 Å². The van der Waals surface area contributed by atoms with Crippen molar-refractivity contribution in [1.82, 2.24) is 25.3 Å². The molecule has 0 atom stereocenters. The summed E-state index contributed by atoms with van der Waals surface area (Å²) in [5, 5.41) is 3.23. The van der Waals surface area contributed by atoms with E-state index in [-0.39, 0.29) is 24.1 Å². The second kappa shape index (κ2) is 12.6. The Bertz CT molecular complexity index is 1230. The normalized spacial score (nSPS) is 11.4. The van der Waals surface area contributed by atoms with Gasteiger partial charge in [0.15, 0.2) is 5.82 Å². The van der Waals surface area contributed by atoms with Gasteiger partial charge in [-0.25, -0.2) is 14.8 Å². The number of unbranched alkanes of at least 4 members (excludes halogenated alkanes) is 3. The standard InChI is InChI=1S/C26H32ClN5O4/c1-5-6-7-8-13-36-21-12-10-18(16-28-21)22-30-23(32-25(34)31-22)19-14-17(9-11-20(19)27)15-29-24(33)26(2,3)35-4/h9-12,14,16H,5-8,13,15H2,1-4H3,(H,29,33)(H,30,31,32,34). The predicted octanol–water partition coefficient (Wildman–Crippen LogP) is 4.55. The number of rotatable bonds is 12. The molecule has 1 aromatic carbocycles. The molecule has 0 aliphatic heterocycles. The highest BCUT2D eigenvalue weighted by Crippen LogP contribution is 2.27. The molecule has 10 heteroatoms. The molecule has 2 aromatic heterocycles. The quantitative estimate of drug-likeness (QED) is 0.341. The van der Waals surface area contributed by atoms with Gasteiger partial charge in [-0.15, -0.1) is 0 Å². The minimum atomic E-state index is -0.953. The third-order valence-electron chi connectivity index (χ3n) is 5.69. The number of ether oxygens (including phenoxy) is 2. The first-order valence-corrected chi connectivity index (χ1v) is 12.3. The molecule has 3 rings (SSSR count). The fourth-order valence-corrected chi connectivity index (χ4v) is 3.50. The Morgan fingerprint density at radius 3 is 2.64 bits per heavy atom. The summed E-state index contributed by atoms with van der Waals surface area (Å²) >= 11 is 6.42. The first-order valence-electron chi connectivity index (χ1n) is 11.9. The van der Waals surface area contributed by atoms with Crippen LogP contribution in [0.5, 0.6) is 5.88 Å². The molecule has 2 heterocycles. The number of hydrogen-bond donors (Lipinski definition) is 2. The van der Waals surface area contributed by atoms with Gasteiger partial charge in [0, 0.05) is 37.0 Å². The topological polar surface area (TPSA) is 119 Å². The molecule has 2 N–H and O–H groups in total. The number of aromatic nitrogens is 4. The van der Waals surface area contributed by atoms with Crippen molar-refractivity contribution in [3.8, 4) is 28.7 Å². The van der Waals surface area contributed by atoms with Crippen molar-refractivity contribution in [3.63, 3.8) is 0 Å². The SMILES string of the molecule is CCCCCCOc1ccc(-c2nc(-c3cc(CNC(=O)C(C)(C)OC)ccc3Cl)[nH]c(=O)n2)cn1. The van der Waals surface area contributed by atoms with Gasteiger partial charge < -0.3 is 14.8 Å². The molecule has 0 spiro atoms. The third-order valence-corrected chi connectivity index (χ3v) is 6.02. The molecule has 192 valence electrons. The van der Waals surface area contributed by atoms with E-state index in [1.54, 1.807) is 50.4 Å². The average molecular weight is 514 g/mol. The molecule has 0 aliphatic carbocycles. The first kappa shape index (κ1) is 27.3. The molecule has 1 amide bonds. The Balaban J connectivity index is 1.77. The van der Waals surface area contributed by atoms with E-state index >= 15 is 0 Å². The van der Waals surface area contributed by atoms with Crippen LogP contribution in [0, 0.1) is 0 Å². The number of hydrogen-bond acceptors (Lipinski definition) is 7. The summed E-state index contributed by atoms with van der Waals surface area (Å²) in [6, 6.07) is 8.73. The number of carbonyl (C=O) groups excluding carboxylic acids is 1. The zero-order valence-corrected chi connectivity index (χ0v) is 21.8. The second-order valence-electron chi connectivity index (χ2n) is 8.83. The van der Waals surface area contributed by atoms with E-state index < -0.39 is 11.3 Å². The Kier molecular flexibility index (Phi) is 9.55. The van der Waals surface area contributed by atoms with Crippen LogP contribution in [-0.2, 0) is 16.1 Å². The van der Waals surface area contributed by atoms with Crippen LogP contribution < -0.4 is 15.7 Å². The summed E-state index contributed by atoms with van der Waals surface area (Å²) in [6.07, 6.45) is 6.03. The number of nitrogens with zero attached hydrogens (tertiary/aromatic N) is 3. The lowest BCUT2D eigenvalue weighted by molar-refractivity contribution is -0.139. The number of amides is 1. The van der Waals surface area contributed by atoms with Gasteiger partial charge in [0.1, 0.15) is 11.4 Å². The number of carbonyl (C=O) groups is 1. The Hall–Kier alpha value is -3.30. The zero-order chi connectivity index (χ0) is 26.1. The average Bonchev–Trinajstić information content (AvgIpc) is 2.87. The molecule has 0 aliphatic rings. The monoisotopic (exact) mass is 513 g/mol. The Morgan fingerprint density at radius 2 is 1.94 bits per heavy atom. The predicted molar refractivity (Wildman–Crippen MR) is 139 cm³/mol. The van der Waals surface area contributed by atoms with E-state index in [0.29, 0.717) is 28.6 Å². The molecule has 3 aromatic rings. The van der Waals surface area contributed by atoms with Crippen LogP contribution in [0.2, 0.25) is 5.02 Å². The molecule has 0 bridgehead atoms. The number of benzene rings is 1. The maximum Gasteiger partial charge on any atom is 0.348 e. The first-order chi connectivity index (χ1) is 17.2. The third kappa shape index (κ3) is 7.35. The lowest BCUT2D eigenvalue weighted by atomic mass is 10.1. The minimum Gasteiger partial charge on any atom is -0.478 e. The van der Waals surface area contributed by atoms with Crippen LogP contribution in [0.1, 0.15) is 52.0 Å². The van der Waals surface area contributed by atoms with Crippen molar-refractivity contribution >= 4 is 17.5 Å². The Labute approximate surface area is 215 Å². The molecule has 0 radical (unpaired) electrons. The van der Waals surface area contributed by atoms with Crippen molar-refractivity contribution in [3.05, 3.63) is 57.6 Å². The van der Waals surface area contributed by atoms with Gasteiger partial charge in [-0.05, 0) is 44.0 Å². The van der Waals surface area contributed by atoms with E-state index in [4.69, 9.17) is 21.1 Å². The maximum absolute atomic E-state index is 12.3. The van der Waals surface area contributed by atoms with E-state index in [9.17, 15) is 9.59 Å². The van der Waals surface area contributed by atoms with Gasteiger partial charge in [-0.2, -0.15) is 4.98 Å². The van der Waals surface area contributed by atoms with Gasteiger partial charge >= 0.3 is 5.69 Å². The summed E-state index contributed by atoms with van der Waals surface area (Å²) < 4.78 is 10.9. The fourth-order valence-electron chi connectivity index (χ4n) is 3.30. The number of nitrogens with one attached hydrogen (secondary N) is 2. The fraction of sp³-hybridized carbons (Fsp3) is 0.423. The van der Waals surface area contributed by atoms with Crippen molar-refractivity contribution in [2.45, 2.75) is 58.6 Å². The van der Waals surface area contributed by atoms with E-state index in [1.807, 2.05) is 0 Å². The lowest BCUT2D eigenvalue weighted by Crippen LogP contribution is -2.43. The number of pyridine rings is 1. The molecule has 0 unspecified atom stereocenters. The number of aromatic amines is 1. The molecule has 0 saturated carbocycles. The highest BCUT2D eigenvalue weighted by molar-refractivity contribution is 6.33. The number of halogens is 1. The van der Waals surface area contributed by atoms with Gasteiger partial charge in [0.2, 0.25) is 5.88 Å². The molecular weight excluding hydrogens is 482 g/mol. The van der Waals surface area contributed by atoms with Gasteiger partial charge in [-0.1, -0.05) is 43.9 Å². The van der Waals surface area contributed by atoms with Crippen molar-refractivity contribution in [1.29, 1.82) is 0 Å². The molecule has 36 heavy (non-hydrogen) atoms. The Morgan fingerprint density at radius 1 is 1.14 bits per heavy atom. The molecule has 0 saturated heterocycles. The van der Waals surface area contributed by atoms with Crippen molar-refractivity contribution < 1.29 is 14.3 Å². The van der Waals surface area contributed by atoms with Gasteiger partial charge in [0.05, 0.1) is 11.6 Å². The van der Waals surface area contributed by atoms with Crippen LogP contribution in [0.25, 0.3) is 22.8 Å². The van der Waals surface area contributed by atoms with Crippen molar-refractivity contribution in [2.75, 3.05) is 13.7 Å². The van der Waals surface area contributed by atoms with Crippen molar-refractivity contribution in [2.24, 2.45) is 0 Å². The molecule has 0 fully saturated rings. The summed E-state index contributed by atoms with van der Waals surface area (Å²) in [5.41, 5.74) is 0.337. The largest absolute Gasteiger partial charge is 0.478 e. The highest BCUT2D eigenvalue weighted by Gasteiger charge is 2.26. The summed E-state index contributed by atoms with van der Waals surface area (Å²) in [7, 11) is 1.48. The smallest absolute Gasteiger partial charge is 0.348 e. The number of methoxy groups -OCH3 is 1. The summed E-state index contributed by atoms with van der Waals surface area (Å²) in [6.45, 7) is 6.39. The van der Waals surface area contributed by atoms with E-state index in [2.05, 4.69) is 32.2 Å². The second-order valence-corrected chi connectivity index (χ2v) is 9.24. The summed E-state index contributed by atoms with van der Waals surface area (Å²) in [4.78, 5) is 40.1. The van der Waals surface area contributed by atoms with Crippen LogP contribution in [0.4, 0.5) is 0 Å². The molecular formula is C26H32ClN5O4. The van der Waals surface area contributed by atoms with E-state index in [1.165, 1.54) is 20.0 Å². The highest BCUT2D eigenvalue weighted by atomic mass is 35.5. The molecule has 9 nitrogen and oxygen atoms in total.